The first kappa shape index (κ1) is 17.2. The van der Waals surface area contributed by atoms with E-state index in [4.69, 9.17) is 4.74 Å². The number of carbonyl (C=O) groups is 2. The number of nitrogens with zero attached hydrogens (tertiary/aromatic N) is 1. The van der Waals surface area contributed by atoms with Crippen molar-refractivity contribution >= 4 is 29.2 Å². The molecule has 2 aliphatic heterocycles. The van der Waals surface area contributed by atoms with Crippen molar-refractivity contribution in [2.24, 2.45) is 0 Å². The van der Waals surface area contributed by atoms with Gasteiger partial charge in [-0.25, -0.2) is 0 Å². The molecular formula is C22H18N4O3. The Labute approximate surface area is 166 Å². The third-order valence-corrected chi connectivity index (χ3v) is 5.01. The highest BCUT2D eigenvalue weighted by Crippen LogP contribution is 2.37. The van der Waals surface area contributed by atoms with Crippen LogP contribution in [-0.4, -0.2) is 34.9 Å². The molecule has 7 nitrogen and oxygen atoms in total. The van der Waals surface area contributed by atoms with Gasteiger partial charge in [0.1, 0.15) is 12.4 Å². The van der Waals surface area contributed by atoms with Gasteiger partial charge < -0.3 is 20.4 Å². The summed E-state index contributed by atoms with van der Waals surface area (Å²) in [6.45, 7) is 2.55. The molecule has 144 valence electrons. The zero-order valence-electron chi connectivity index (χ0n) is 15.7. The third kappa shape index (κ3) is 2.97. The highest BCUT2D eigenvalue weighted by atomic mass is 16.5. The summed E-state index contributed by atoms with van der Waals surface area (Å²) in [5, 5.41) is 5.71. The lowest BCUT2D eigenvalue weighted by molar-refractivity contribution is -0.110. The number of ether oxygens (including phenoxy) is 1. The van der Waals surface area contributed by atoms with Gasteiger partial charge in [-0.15, -0.1) is 0 Å². The molecule has 0 saturated heterocycles. The molecule has 0 spiro atoms. The van der Waals surface area contributed by atoms with E-state index < -0.39 is 0 Å². The molecule has 2 bridgehead atoms. The lowest BCUT2D eigenvalue weighted by Crippen LogP contribution is -2.28. The molecule has 0 aliphatic carbocycles. The van der Waals surface area contributed by atoms with Gasteiger partial charge in [0.05, 0.1) is 41.0 Å². The number of fused-ring (bicyclic) bond motifs is 4. The van der Waals surface area contributed by atoms with Gasteiger partial charge >= 0.3 is 0 Å². The van der Waals surface area contributed by atoms with E-state index in [1.165, 1.54) is 0 Å². The van der Waals surface area contributed by atoms with E-state index in [1.807, 2.05) is 37.3 Å². The van der Waals surface area contributed by atoms with E-state index in [0.717, 1.165) is 16.8 Å². The monoisotopic (exact) mass is 386 g/mol. The van der Waals surface area contributed by atoms with Crippen LogP contribution in [0.15, 0.2) is 42.6 Å². The Hall–Kier alpha value is -3.87. The highest BCUT2D eigenvalue weighted by Gasteiger charge is 2.27. The van der Waals surface area contributed by atoms with E-state index in [2.05, 4.69) is 20.6 Å². The van der Waals surface area contributed by atoms with Gasteiger partial charge in [-0.1, -0.05) is 12.1 Å². The second-order valence-electron chi connectivity index (χ2n) is 7.01. The Morgan fingerprint density at radius 2 is 1.90 bits per heavy atom. The number of para-hydroxylation sites is 1. The van der Waals surface area contributed by atoms with E-state index in [1.54, 1.807) is 18.3 Å². The van der Waals surface area contributed by atoms with Crippen LogP contribution in [0.2, 0.25) is 0 Å². The lowest BCUT2D eigenvalue weighted by atomic mass is 10.0. The normalized spacial score (nSPS) is 17.1. The Kier molecular flexibility index (Phi) is 3.94. The number of hydrogen-bond donors (Lipinski definition) is 3. The quantitative estimate of drug-likeness (QED) is 0.553. The smallest absolute Gasteiger partial charge is 0.256 e. The summed E-state index contributed by atoms with van der Waals surface area (Å²) in [6, 6.07) is 11.2. The van der Waals surface area contributed by atoms with E-state index in [0.29, 0.717) is 47.1 Å². The van der Waals surface area contributed by atoms with Gasteiger partial charge in [-0.2, -0.15) is 0 Å². The summed E-state index contributed by atoms with van der Waals surface area (Å²) >= 11 is 0. The number of rotatable bonds is 0. The van der Waals surface area contributed by atoms with Crippen molar-refractivity contribution in [1.29, 1.82) is 0 Å². The molecule has 3 aromatic rings. The van der Waals surface area contributed by atoms with Crippen molar-refractivity contribution in [2.75, 3.05) is 18.5 Å². The minimum atomic E-state index is -0.228. The largest absolute Gasteiger partial charge is 0.491 e. The summed E-state index contributed by atoms with van der Waals surface area (Å²) in [7, 11) is 0. The van der Waals surface area contributed by atoms with E-state index in [9.17, 15) is 9.59 Å². The molecule has 29 heavy (non-hydrogen) atoms. The number of benzene rings is 1. The minimum Gasteiger partial charge on any atom is -0.491 e. The van der Waals surface area contributed by atoms with Crippen LogP contribution in [0.25, 0.3) is 22.9 Å². The molecule has 1 aromatic carbocycles. The van der Waals surface area contributed by atoms with Crippen molar-refractivity contribution in [3.8, 4) is 17.0 Å². The summed E-state index contributed by atoms with van der Waals surface area (Å²) in [6.07, 6.45) is 3.38. The predicted octanol–water partition coefficient (Wildman–Crippen LogP) is 3.00. The molecule has 4 heterocycles. The van der Waals surface area contributed by atoms with Crippen LogP contribution < -0.4 is 15.4 Å². The Morgan fingerprint density at radius 3 is 2.79 bits per heavy atom. The maximum absolute atomic E-state index is 12.7. The number of nitrogens with one attached hydrogen (secondary N) is 3. The van der Waals surface area contributed by atoms with Crippen molar-refractivity contribution in [3.63, 3.8) is 0 Å². The Balaban J connectivity index is 1.73. The van der Waals surface area contributed by atoms with Crippen LogP contribution in [0.3, 0.4) is 0 Å². The number of aromatic nitrogens is 2. The van der Waals surface area contributed by atoms with Crippen molar-refractivity contribution in [3.05, 3.63) is 65.1 Å². The number of carbonyl (C=O) groups excluding carboxylic acids is 2. The van der Waals surface area contributed by atoms with Crippen LogP contribution in [0.5, 0.6) is 5.75 Å². The highest BCUT2D eigenvalue weighted by molar-refractivity contribution is 6.35. The van der Waals surface area contributed by atoms with Crippen LogP contribution in [0, 0.1) is 6.92 Å². The molecule has 2 amide bonds. The first-order chi connectivity index (χ1) is 14.1. The molecule has 2 aliphatic rings. The number of amides is 2. The third-order valence-electron chi connectivity index (χ3n) is 5.01. The molecule has 0 saturated carbocycles. The first-order valence-corrected chi connectivity index (χ1v) is 9.33. The summed E-state index contributed by atoms with van der Waals surface area (Å²) < 4.78 is 5.91. The van der Waals surface area contributed by atoms with Crippen LogP contribution in [-0.2, 0) is 4.79 Å². The van der Waals surface area contributed by atoms with Gasteiger partial charge in [0.25, 0.3) is 11.8 Å². The maximum Gasteiger partial charge on any atom is 0.256 e. The molecule has 7 heteroatoms. The molecule has 2 aromatic heterocycles. The second kappa shape index (κ2) is 6.63. The van der Waals surface area contributed by atoms with Gasteiger partial charge in [-0.3, -0.25) is 14.6 Å². The Bertz CT molecular complexity index is 1190. The Morgan fingerprint density at radius 1 is 1.03 bits per heavy atom. The number of anilines is 1. The standard InChI is InChI=1S/C22H18N4O3/c1-12-8-16-18(25-12)10-15-14-9-17(24-11-19(14)26-22(15)28)13-4-2-3-5-20(13)29-7-6-23-21(16)27/h2-5,8-11,25H,6-7H2,1H3,(H,23,27)(H,26,28)/b15-10-. The summed E-state index contributed by atoms with van der Waals surface area (Å²) in [4.78, 5) is 33.0. The number of aromatic amines is 1. The van der Waals surface area contributed by atoms with E-state index >= 15 is 0 Å². The number of pyridine rings is 1. The lowest BCUT2D eigenvalue weighted by Gasteiger charge is -2.13. The van der Waals surface area contributed by atoms with Crippen LogP contribution in [0.4, 0.5) is 5.69 Å². The predicted molar refractivity (Wildman–Crippen MR) is 110 cm³/mol. The molecule has 0 unspecified atom stereocenters. The fourth-order valence-electron chi connectivity index (χ4n) is 3.66. The summed E-state index contributed by atoms with van der Waals surface area (Å²) in [5.41, 5.74) is 5.33. The number of H-pyrrole nitrogens is 1. The fourth-order valence-corrected chi connectivity index (χ4v) is 3.66. The average molecular weight is 386 g/mol. The molecule has 3 N–H and O–H groups in total. The zero-order chi connectivity index (χ0) is 20.0. The minimum absolute atomic E-state index is 0.218. The van der Waals surface area contributed by atoms with Crippen molar-refractivity contribution in [2.45, 2.75) is 6.92 Å². The van der Waals surface area contributed by atoms with Gasteiger partial charge in [0, 0.05) is 16.8 Å². The average Bonchev–Trinajstić information content (AvgIpc) is 3.24. The molecular weight excluding hydrogens is 368 g/mol. The SMILES string of the molecule is Cc1cc2c([nH]1)/C=C1\C(=O)Nc3cnc(cc31)-c1ccccc1OCCNC2=O. The zero-order valence-corrected chi connectivity index (χ0v) is 15.7. The van der Waals surface area contributed by atoms with Gasteiger partial charge in [-0.05, 0) is 37.3 Å². The molecule has 5 rings (SSSR count). The van der Waals surface area contributed by atoms with Crippen LogP contribution >= 0.6 is 0 Å². The van der Waals surface area contributed by atoms with Crippen molar-refractivity contribution in [1.82, 2.24) is 15.3 Å². The maximum atomic E-state index is 12.7. The van der Waals surface area contributed by atoms with E-state index in [-0.39, 0.29) is 11.8 Å². The molecule has 0 radical (unpaired) electrons. The second-order valence-corrected chi connectivity index (χ2v) is 7.01. The number of hydrogen-bond acceptors (Lipinski definition) is 4. The van der Waals surface area contributed by atoms with Gasteiger partial charge in [0.15, 0.2) is 0 Å². The molecule has 0 fully saturated rings. The molecule has 0 atom stereocenters. The van der Waals surface area contributed by atoms with Crippen LogP contribution in [0.1, 0.15) is 27.3 Å². The fraction of sp³-hybridized carbons (Fsp3) is 0.136. The van der Waals surface area contributed by atoms with Gasteiger partial charge in [0.2, 0.25) is 0 Å². The topological polar surface area (TPSA) is 96.1 Å². The summed E-state index contributed by atoms with van der Waals surface area (Å²) in [5.74, 6) is 0.227. The first-order valence-electron chi connectivity index (χ1n) is 9.33. The number of aryl methyl sites for hydroxylation is 1. The van der Waals surface area contributed by atoms with Crippen molar-refractivity contribution < 1.29 is 14.3 Å².